The fourth-order valence-corrected chi connectivity index (χ4v) is 3.24. The molecule has 0 spiro atoms. The molecule has 1 heterocycles. The number of carbonyl (C=O) groups is 1. The molecule has 4 nitrogen and oxygen atoms in total. The van der Waals surface area contributed by atoms with E-state index in [0.717, 1.165) is 43.4 Å². The molecule has 1 amide bonds. The maximum Gasteiger partial charge on any atom is 0.410 e. The van der Waals surface area contributed by atoms with Gasteiger partial charge in [-0.05, 0) is 64.2 Å². The van der Waals surface area contributed by atoms with Gasteiger partial charge in [0.1, 0.15) is 5.60 Å². The average Bonchev–Trinajstić information content (AvgIpc) is 2.72. The largest absolute Gasteiger partial charge is 0.444 e. The number of aryl methyl sites for hydroxylation is 1. The fourth-order valence-electron chi connectivity index (χ4n) is 2.82. The molecular formula is C19H29BrN2O2. The second kappa shape index (κ2) is 8.34. The number of rotatable bonds is 3. The minimum Gasteiger partial charge on any atom is -0.444 e. The van der Waals surface area contributed by atoms with E-state index in [9.17, 15) is 4.79 Å². The quantitative estimate of drug-likeness (QED) is 0.808. The van der Waals surface area contributed by atoms with Crippen LogP contribution in [0.2, 0.25) is 0 Å². The first-order valence-electron chi connectivity index (χ1n) is 8.71. The zero-order chi connectivity index (χ0) is 17.7. The average molecular weight is 397 g/mol. The number of nitrogens with one attached hydrogen (secondary N) is 1. The maximum absolute atomic E-state index is 12.2. The third-order valence-corrected chi connectivity index (χ3v) is 5.07. The van der Waals surface area contributed by atoms with Crippen LogP contribution < -0.4 is 5.32 Å². The highest BCUT2D eigenvalue weighted by Gasteiger charge is 2.25. The Kier molecular flexibility index (Phi) is 6.70. The number of ether oxygens (including phenoxy) is 1. The second-order valence-electron chi connectivity index (χ2n) is 7.56. The van der Waals surface area contributed by atoms with Crippen LogP contribution in [0.4, 0.5) is 4.79 Å². The van der Waals surface area contributed by atoms with Crippen molar-refractivity contribution in [1.82, 2.24) is 10.2 Å². The van der Waals surface area contributed by atoms with Gasteiger partial charge in [0.15, 0.2) is 0 Å². The van der Waals surface area contributed by atoms with Crippen LogP contribution in [-0.4, -0.2) is 35.7 Å². The van der Waals surface area contributed by atoms with Gasteiger partial charge in [-0.2, -0.15) is 0 Å². The molecule has 0 saturated carbocycles. The molecule has 1 aromatic carbocycles. The number of benzene rings is 1. The second-order valence-corrected chi connectivity index (χ2v) is 8.41. The summed E-state index contributed by atoms with van der Waals surface area (Å²) >= 11 is 3.59. The van der Waals surface area contributed by atoms with Crippen LogP contribution in [-0.2, 0) is 11.3 Å². The highest BCUT2D eigenvalue weighted by molar-refractivity contribution is 9.10. The maximum atomic E-state index is 12.2. The zero-order valence-electron chi connectivity index (χ0n) is 15.2. The van der Waals surface area contributed by atoms with E-state index >= 15 is 0 Å². The van der Waals surface area contributed by atoms with Gasteiger partial charge in [0, 0.05) is 30.1 Å². The monoisotopic (exact) mass is 396 g/mol. The predicted octanol–water partition coefficient (Wildman–Crippen LogP) is 4.64. The van der Waals surface area contributed by atoms with Crippen molar-refractivity contribution in [3.8, 4) is 0 Å². The number of amides is 1. The lowest BCUT2D eigenvalue weighted by atomic mass is 10.1. The van der Waals surface area contributed by atoms with Crippen LogP contribution in [0.25, 0.3) is 0 Å². The number of hydrogen-bond acceptors (Lipinski definition) is 3. The first-order chi connectivity index (χ1) is 11.2. The van der Waals surface area contributed by atoms with E-state index in [2.05, 4.69) is 46.4 Å². The normalized spacial score (nSPS) is 19.0. The van der Waals surface area contributed by atoms with Gasteiger partial charge in [-0.15, -0.1) is 0 Å². The zero-order valence-corrected chi connectivity index (χ0v) is 16.8. The van der Waals surface area contributed by atoms with E-state index in [0.29, 0.717) is 6.04 Å². The van der Waals surface area contributed by atoms with Crippen molar-refractivity contribution in [2.24, 2.45) is 0 Å². The van der Waals surface area contributed by atoms with Gasteiger partial charge in [0.05, 0.1) is 0 Å². The van der Waals surface area contributed by atoms with Crippen molar-refractivity contribution in [2.75, 3.05) is 13.1 Å². The highest BCUT2D eigenvalue weighted by Crippen LogP contribution is 2.19. The molecule has 1 unspecified atom stereocenters. The number of likely N-dealkylation sites (tertiary alicyclic amines) is 1. The molecule has 1 aliphatic heterocycles. The van der Waals surface area contributed by atoms with Crippen LogP contribution in [0, 0.1) is 6.92 Å². The van der Waals surface area contributed by atoms with Crippen molar-refractivity contribution in [3.63, 3.8) is 0 Å². The molecule has 24 heavy (non-hydrogen) atoms. The standard InChI is InChI=1S/C19H29BrN2O2/c1-14-7-8-15(12-17(14)20)13-21-16-6-5-10-22(11-9-16)18(23)24-19(2,3)4/h7-8,12,16,21H,5-6,9-11,13H2,1-4H3. The Balaban J connectivity index is 1.82. The van der Waals surface area contributed by atoms with Gasteiger partial charge >= 0.3 is 6.09 Å². The molecule has 0 aromatic heterocycles. The Morgan fingerprint density at radius 2 is 2.08 bits per heavy atom. The molecule has 134 valence electrons. The SMILES string of the molecule is Cc1ccc(CNC2CCCN(C(=O)OC(C)(C)C)CC2)cc1Br. The van der Waals surface area contributed by atoms with E-state index in [1.807, 2.05) is 25.7 Å². The van der Waals surface area contributed by atoms with Gasteiger partial charge in [0.25, 0.3) is 0 Å². The summed E-state index contributed by atoms with van der Waals surface area (Å²) in [5.41, 5.74) is 2.10. The summed E-state index contributed by atoms with van der Waals surface area (Å²) in [6.07, 6.45) is 2.87. The number of hydrogen-bond donors (Lipinski definition) is 1. The van der Waals surface area contributed by atoms with Gasteiger partial charge in [-0.1, -0.05) is 28.1 Å². The Bertz CT molecular complexity index is 569. The molecule has 1 saturated heterocycles. The Hall–Kier alpha value is -1.07. The lowest BCUT2D eigenvalue weighted by Crippen LogP contribution is -2.38. The number of nitrogens with zero attached hydrogens (tertiary/aromatic N) is 1. The van der Waals surface area contributed by atoms with E-state index < -0.39 is 5.60 Å². The third kappa shape index (κ3) is 6.10. The van der Waals surface area contributed by atoms with Gasteiger partial charge in [0.2, 0.25) is 0 Å². The van der Waals surface area contributed by atoms with Crippen LogP contribution in [0.1, 0.15) is 51.2 Å². The summed E-state index contributed by atoms with van der Waals surface area (Å²) in [6, 6.07) is 6.92. The first-order valence-corrected chi connectivity index (χ1v) is 9.50. The summed E-state index contributed by atoms with van der Waals surface area (Å²) in [6.45, 7) is 10.2. The molecule has 1 atom stereocenters. The summed E-state index contributed by atoms with van der Waals surface area (Å²) in [5.74, 6) is 0. The number of halogens is 1. The summed E-state index contributed by atoms with van der Waals surface area (Å²) in [7, 11) is 0. The Morgan fingerprint density at radius 1 is 1.33 bits per heavy atom. The van der Waals surface area contributed by atoms with Crippen LogP contribution in [0.3, 0.4) is 0 Å². The van der Waals surface area contributed by atoms with E-state index in [1.165, 1.54) is 11.1 Å². The molecule has 2 rings (SSSR count). The van der Waals surface area contributed by atoms with Crippen molar-refractivity contribution in [2.45, 2.75) is 65.1 Å². The van der Waals surface area contributed by atoms with Gasteiger partial charge < -0.3 is 15.0 Å². The molecule has 1 aromatic rings. The first kappa shape index (κ1) is 19.3. The van der Waals surface area contributed by atoms with Gasteiger partial charge in [-0.3, -0.25) is 0 Å². The van der Waals surface area contributed by atoms with Crippen LogP contribution >= 0.6 is 15.9 Å². The van der Waals surface area contributed by atoms with Crippen LogP contribution in [0.5, 0.6) is 0 Å². The predicted molar refractivity (Wildman–Crippen MR) is 101 cm³/mol. The van der Waals surface area contributed by atoms with Crippen molar-refractivity contribution < 1.29 is 9.53 Å². The molecule has 0 bridgehead atoms. The molecule has 1 fully saturated rings. The molecule has 0 aliphatic carbocycles. The highest BCUT2D eigenvalue weighted by atomic mass is 79.9. The molecule has 1 aliphatic rings. The van der Waals surface area contributed by atoms with E-state index in [1.54, 1.807) is 0 Å². The van der Waals surface area contributed by atoms with E-state index in [-0.39, 0.29) is 6.09 Å². The summed E-state index contributed by atoms with van der Waals surface area (Å²) in [4.78, 5) is 14.0. The number of carbonyl (C=O) groups excluding carboxylic acids is 1. The molecule has 5 heteroatoms. The third-order valence-electron chi connectivity index (χ3n) is 4.21. The molecule has 1 N–H and O–H groups in total. The van der Waals surface area contributed by atoms with Crippen molar-refractivity contribution >= 4 is 22.0 Å². The lowest BCUT2D eigenvalue weighted by Gasteiger charge is -2.26. The van der Waals surface area contributed by atoms with Crippen LogP contribution in [0.15, 0.2) is 22.7 Å². The Morgan fingerprint density at radius 3 is 2.75 bits per heavy atom. The van der Waals surface area contributed by atoms with Crippen molar-refractivity contribution in [3.05, 3.63) is 33.8 Å². The minimum atomic E-state index is -0.431. The molecular weight excluding hydrogens is 368 g/mol. The Labute approximate surface area is 154 Å². The van der Waals surface area contributed by atoms with E-state index in [4.69, 9.17) is 4.74 Å². The lowest BCUT2D eigenvalue weighted by molar-refractivity contribution is 0.0256. The summed E-state index contributed by atoms with van der Waals surface area (Å²) in [5, 5.41) is 3.63. The smallest absolute Gasteiger partial charge is 0.410 e. The van der Waals surface area contributed by atoms with Crippen molar-refractivity contribution in [1.29, 1.82) is 0 Å². The summed E-state index contributed by atoms with van der Waals surface area (Å²) < 4.78 is 6.63. The fraction of sp³-hybridized carbons (Fsp3) is 0.632. The topological polar surface area (TPSA) is 41.6 Å². The van der Waals surface area contributed by atoms with Gasteiger partial charge in [-0.25, -0.2) is 4.79 Å². The molecule has 0 radical (unpaired) electrons. The minimum absolute atomic E-state index is 0.189.